The average molecular weight is 265 g/mol. The van der Waals surface area contributed by atoms with Crippen molar-refractivity contribution in [2.75, 3.05) is 0 Å². The summed E-state index contributed by atoms with van der Waals surface area (Å²) < 4.78 is 0.709. The Bertz CT molecular complexity index is 595. The van der Waals surface area contributed by atoms with Gasteiger partial charge in [0.05, 0.1) is 5.56 Å². The van der Waals surface area contributed by atoms with Crippen LogP contribution in [0.3, 0.4) is 0 Å². The molecule has 0 aliphatic heterocycles. The number of fused-ring (bicyclic) bond motifs is 1. The van der Waals surface area contributed by atoms with Crippen molar-refractivity contribution >= 4 is 32.8 Å². The lowest BCUT2D eigenvalue weighted by atomic mass is 10.1. The van der Waals surface area contributed by atoms with Gasteiger partial charge in [-0.1, -0.05) is 22.0 Å². The van der Waals surface area contributed by atoms with Gasteiger partial charge in [-0.2, -0.15) is 5.26 Å². The van der Waals surface area contributed by atoms with Gasteiger partial charge in [-0.05, 0) is 12.1 Å². The van der Waals surface area contributed by atoms with Crippen LogP contribution >= 0.6 is 15.9 Å². The van der Waals surface area contributed by atoms with Crippen LogP contribution in [-0.2, 0) is 0 Å². The fourth-order valence-electron chi connectivity index (χ4n) is 1.48. The van der Waals surface area contributed by atoms with E-state index in [2.05, 4.69) is 20.9 Å². The Labute approximate surface area is 93.3 Å². The minimum atomic E-state index is -1.13. The Balaban J connectivity index is 2.94. The summed E-state index contributed by atoms with van der Waals surface area (Å²) in [6.45, 7) is 0. The van der Waals surface area contributed by atoms with Crippen molar-refractivity contribution in [1.29, 1.82) is 5.26 Å². The molecular formula is C10H5BrN2O2. The molecule has 1 aromatic heterocycles. The second-order valence-electron chi connectivity index (χ2n) is 2.95. The van der Waals surface area contributed by atoms with Crippen molar-refractivity contribution in [2.45, 2.75) is 0 Å². The molecule has 15 heavy (non-hydrogen) atoms. The second kappa shape index (κ2) is 3.41. The number of benzene rings is 1. The predicted octanol–water partition coefficient (Wildman–Crippen LogP) is 2.50. The number of H-pyrrole nitrogens is 1. The number of carbonyl (C=O) groups is 1. The number of hydrogen-bond acceptors (Lipinski definition) is 2. The largest absolute Gasteiger partial charge is 0.477 e. The highest BCUT2D eigenvalue weighted by atomic mass is 79.9. The van der Waals surface area contributed by atoms with Gasteiger partial charge in [-0.3, -0.25) is 0 Å². The molecule has 0 unspecified atom stereocenters. The van der Waals surface area contributed by atoms with Gasteiger partial charge in [0.25, 0.3) is 0 Å². The van der Waals surface area contributed by atoms with Gasteiger partial charge < -0.3 is 10.1 Å². The molecule has 0 saturated carbocycles. The van der Waals surface area contributed by atoms with Crippen LogP contribution in [0.1, 0.15) is 16.1 Å². The molecule has 0 amide bonds. The van der Waals surface area contributed by atoms with Crippen LogP contribution in [0.5, 0.6) is 0 Å². The molecule has 0 aliphatic carbocycles. The molecule has 4 nitrogen and oxygen atoms in total. The minimum Gasteiger partial charge on any atom is -0.477 e. The third-order valence-electron chi connectivity index (χ3n) is 2.10. The van der Waals surface area contributed by atoms with Gasteiger partial charge >= 0.3 is 5.97 Å². The van der Waals surface area contributed by atoms with Crippen LogP contribution in [0.2, 0.25) is 0 Å². The molecule has 0 aliphatic rings. The third-order valence-corrected chi connectivity index (χ3v) is 2.76. The van der Waals surface area contributed by atoms with Crippen molar-refractivity contribution < 1.29 is 9.90 Å². The summed E-state index contributed by atoms with van der Waals surface area (Å²) >= 11 is 3.29. The van der Waals surface area contributed by atoms with Gasteiger partial charge in [-0.25, -0.2) is 4.79 Å². The molecule has 2 rings (SSSR count). The first-order valence-electron chi connectivity index (χ1n) is 4.08. The van der Waals surface area contributed by atoms with Gasteiger partial charge in [0.15, 0.2) is 0 Å². The van der Waals surface area contributed by atoms with E-state index in [-0.39, 0.29) is 11.3 Å². The fraction of sp³-hybridized carbons (Fsp3) is 0. The van der Waals surface area contributed by atoms with Crippen molar-refractivity contribution in [3.8, 4) is 6.07 Å². The minimum absolute atomic E-state index is 0.0700. The van der Waals surface area contributed by atoms with Crippen molar-refractivity contribution in [3.05, 3.63) is 33.9 Å². The van der Waals surface area contributed by atoms with Crippen LogP contribution in [0.15, 0.2) is 22.7 Å². The summed E-state index contributed by atoms with van der Waals surface area (Å²) in [7, 11) is 0. The highest BCUT2D eigenvalue weighted by molar-refractivity contribution is 9.10. The Kier molecular flexibility index (Phi) is 2.21. The zero-order chi connectivity index (χ0) is 11.0. The number of nitriles is 1. The number of aromatic nitrogens is 1. The van der Waals surface area contributed by atoms with E-state index in [0.717, 1.165) is 0 Å². The summed E-state index contributed by atoms with van der Waals surface area (Å²) in [6, 6.07) is 7.17. The summed E-state index contributed by atoms with van der Waals surface area (Å²) in [4.78, 5) is 13.6. The van der Waals surface area contributed by atoms with Crippen molar-refractivity contribution in [3.63, 3.8) is 0 Å². The van der Waals surface area contributed by atoms with E-state index in [1.54, 1.807) is 18.2 Å². The molecule has 0 bridgehead atoms. The molecule has 1 aromatic carbocycles. The van der Waals surface area contributed by atoms with E-state index in [1.165, 1.54) is 0 Å². The monoisotopic (exact) mass is 264 g/mol. The van der Waals surface area contributed by atoms with Gasteiger partial charge in [0.1, 0.15) is 11.8 Å². The number of carboxylic acids is 1. The molecule has 5 heteroatoms. The number of halogens is 1. The average Bonchev–Trinajstić information content (AvgIpc) is 2.57. The topological polar surface area (TPSA) is 76.9 Å². The van der Waals surface area contributed by atoms with Gasteiger partial charge in [0, 0.05) is 15.4 Å². The predicted molar refractivity (Wildman–Crippen MR) is 57.7 cm³/mol. The molecule has 0 fully saturated rings. The molecular weight excluding hydrogens is 260 g/mol. The summed E-state index contributed by atoms with van der Waals surface area (Å²) in [5, 5.41) is 18.4. The Morgan fingerprint density at radius 2 is 2.27 bits per heavy atom. The highest BCUT2D eigenvalue weighted by Gasteiger charge is 2.18. The maximum Gasteiger partial charge on any atom is 0.353 e. The standard InChI is InChI=1S/C10H5BrN2O2/c11-6-2-1-3-7-8(6)5(4-12)9(13-7)10(14)15/h1-3,13H,(H,14,15). The first kappa shape index (κ1) is 9.74. The molecule has 74 valence electrons. The molecule has 0 atom stereocenters. The first-order valence-corrected chi connectivity index (χ1v) is 4.88. The van der Waals surface area contributed by atoms with Crippen LogP contribution in [0, 0.1) is 11.3 Å². The van der Waals surface area contributed by atoms with Crippen LogP contribution < -0.4 is 0 Å². The molecule has 0 spiro atoms. The lowest BCUT2D eigenvalue weighted by Gasteiger charge is -1.92. The van der Waals surface area contributed by atoms with E-state index >= 15 is 0 Å². The second-order valence-corrected chi connectivity index (χ2v) is 3.81. The van der Waals surface area contributed by atoms with Crippen LogP contribution in [0.4, 0.5) is 0 Å². The Hall–Kier alpha value is -1.80. The SMILES string of the molecule is N#Cc1c(C(=O)O)[nH]c2cccc(Br)c12. The molecule has 0 radical (unpaired) electrons. The maximum atomic E-state index is 10.9. The van der Waals surface area contributed by atoms with Crippen LogP contribution in [-0.4, -0.2) is 16.1 Å². The zero-order valence-electron chi connectivity index (χ0n) is 7.41. The normalized spacial score (nSPS) is 10.1. The van der Waals surface area contributed by atoms with E-state index in [0.29, 0.717) is 15.4 Å². The molecule has 2 aromatic rings. The number of nitrogens with one attached hydrogen (secondary N) is 1. The number of aromatic amines is 1. The van der Waals surface area contributed by atoms with E-state index in [4.69, 9.17) is 10.4 Å². The van der Waals surface area contributed by atoms with Gasteiger partial charge in [-0.15, -0.1) is 0 Å². The van der Waals surface area contributed by atoms with Crippen LogP contribution in [0.25, 0.3) is 10.9 Å². The fourth-order valence-corrected chi connectivity index (χ4v) is 2.04. The van der Waals surface area contributed by atoms with E-state index < -0.39 is 5.97 Å². The molecule has 0 saturated heterocycles. The number of aromatic carboxylic acids is 1. The number of hydrogen-bond donors (Lipinski definition) is 2. The molecule has 2 N–H and O–H groups in total. The summed E-state index contributed by atoms with van der Waals surface area (Å²) in [5.41, 5.74) is 0.725. The first-order chi connectivity index (χ1) is 7.15. The summed E-state index contributed by atoms with van der Waals surface area (Å²) in [6.07, 6.45) is 0. The molecule has 1 heterocycles. The van der Waals surface area contributed by atoms with E-state index in [9.17, 15) is 4.79 Å². The lowest BCUT2D eigenvalue weighted by Crippen LogP contribution is -1.98. The van der Waals surface area contributed by atoms with Crippen molar-refractivity contribution in [2.24, 2.45) is 0 Å². The number of carboxylic acid groups (broad SMARTS) is 1. The Morgan fingerprint density at radius 1 is 1.53 bits per heavy atom. The van der Waals surface area contributed by atoms with E-state index in [1.807, 2.05) is 6.07 Å². The Morgan fingerprint density at radius 3 is 2.87 bits per heavy atom. The zero-order valence-corrected chi connectivity index (χ0v) is 9.00. The smallest absolute Gasteiger partial charge is 0.353 e. The lowest BCUT2D eigenvalue weighted by molar-refractivity contribution is 0.0691. The summed E-state index contributed by atoms with van der Waals surface area (Å²) in [5.74, 6) is -1.13. The maximum absolute atomic E-state index is 10.9. The van der Waals surface area contributed by atoms with Gasteiger partial charge in [0.2, 0.25) is 0 Å². The quantitative estimate of drug-likeness (QED) is 0.831. The van der Waals surface area contributed by atoms with Crippen molar-refractivity contribution in [1.82, 2.24) is 4.98 Å². The highest BCUT2D eigenvalue weighted by Crippen LogP contribution is 2.28. The third kappa shape index (κ3) is 1.39. The number of rotatable bonds is 1. The number of nitrogens with zero attached hydrogens (tertiary/aromatic N) is 1.